The van der Waals surface area contributed by atoms with Gasteiger partial charge in [-0.1, -0.05) is 26.3 Å². The number of nitrogens with one attached hydrogen (secondary N) is 2. The van der Waals surface area contributed by atoms with Crippen molar-refractivity contribution < 1.29 is 4.79 Å². The van der Waals surface area contributed by atoms with Crippen molar-refractivity contribution in [2.75, 3.05) is 25.0 Å². The van der Waals surface area contributed by atoms with Crippen LogP contribution in [0.2, 0.25) is 0 Å². The summed E-state index contributed by atoms with van der Waals surface area (Å²) in [7, 11) is 1.89. The molecule has 0 radical (unpaired) electrons. The third-order valence-corrected chi connectivity index (χ3v) is 7.53. The van der Waals surface area contributed by atoms with E-state index in [0.717, 1.165) is 53.9 Å². The highest BCUT2D eigenvalue weighted by atomic mass is 16.2. The molecule has 170 valence electrons. The van der Waals surface area contributed by atoms with Crippen molar-refractivity contribution in [1.29, 1.82) is 0 Å². The van der Waals surface area contributed by atoms with E-state index in [1.165, 1.54) is 36.9 Å². The predicted molar refractivity (Wildman–Crippen MR) is 130 cm³/mol. The number of benzene rings is 1. The molecule has 1 aliphatic heterocycles. The molecular weight excluding hydrogens is 398 g/mol. The average Bonchev–Trinajstić information content (AvgIpc) is 3.40. The number of fused-ring (bicyclic) bond motifs is 2. The largest absolute Gasteiger partial charge is 0.353 e. The maximum Gasteiger partial charge on any atom is 0.243 e. The van der Waals surface area contributed by atoms with Gasteiger partial charge in [0.05, 0.1) is 11.7 Å². The number of nitrogens with zero attached hydrogens (tertiary/aromatic N) is 3. The van der Waals surface area contributed by atoms with E-state index < -0.39 is 0 Å². The van der Waals surface area contributed by atoms with Gasteiger partial charge in [0, 0.05) is 34.9 Å². The van der Waals surface area contributed by atoms with Crippen LogP contribution in [0.25, 0.3) is 22.3 Å². The lowest BCUT2D eigenvalue weighted by molar-refractivity contribution is -0.123. The minimum atomic E-state index is -0.0879. The number of anilines is 1. The van der Waals surface area contributed by atoms with Crippen LogP contribution in [0.15, 0.2) is 24.3 Å². The molecule has 1 saturated heterocycles. The third-order valence-electron chi connectivity index (χ3n) is 7.53. The molecule has 1 atom stereocenters. The Morgan fingerprint density at radius 3 is 2.75 bits per heavy atom. The molecule has 3 heterocycles. The quantitative estimate of drug-likeness (QED) is 0.614. The average molecular weight is 434 g/mol. The molecule has 2 aliphatic rings. The molecule has 6 heteroatoms. The molecule has 2 aromatic heterocycles. The Hall–Kier alpha value is -2.60. The molecule has 32 heavy (non-hydrogen) atoms. The van der Waals surface area contributed by atoms with E-state index in [1.54, 1.807) is 4.90 Å². The maximum atomic E-state index is 13.1. The van der Waals surface area contributed by atoms with E-state index in [1.807, 2.05) is 20.0 Å². The topological polar surface area (TPSA) is 68.0 Å². The second-order valence-corrected chi connectivity index (χ2v) is 10.5. The van der Waals surface area contributed by atoms with Crippen molar-refractivity contribution in [3.8, 4) is 11.4 Å². The second-order valence-electron chi connectivity index (χ2n) is 10.5. The molecule has 0 spiro atoms. The van der Waals surface area contributed by atoms with Gasteiger partial charge in [0.15, 0.2) is 0 Å². The molecule has 1 fully saturated rings. The van der Waals surface area contributed by atoms with Crippen LogP contribution in [0.4, 0.5) is 5.69 Å². The van der Waals surface area contributed by atoms with Crippen LogP contribution < -0.4 is 4.90 Å². The number of hydrogen-bond donors (Lipinski definition) is 2. The normalized spacial score (nSPS) is 19.6. The first kappa shape index (κ1) is 21.3. The summed E-state index contributed by atoms with van der Waals surface area (Å²) in [4.78, 5) is 20.8. The lowest BCUT2D eigenvalue weighted by Crippen LogP contribution is -2.47. The third kappa shape index (κ3) is 3.85. The minimum Gasteiger partial charge on any atom is -0.353 e. The van der Waals surface area contributed by atoms with Crippen LogP contribution in [0, 0.1) is 5.41 Å². The van der Waals surface area contributed by atoms with Gasteiger partial charge in [0.2, 0.25) is 5.91 Å². The molecule has 1 amide bonds. The molecule has 6 nitrogen and oxygen atoms in total. The maximum absolute atomic E-state index is 13.1. The Bertz CT molecular complexity index is 1130. The molecule has 0 bridgehead atoms. The van der Waals surface area contributed by atoms with E-state index in [2.05, 4.69) is 52.1 Å². The van der Waals surface area contributed by atoms with Crippen molar-refractivity contribution in [3.05, 3.63) is 35.5 Å². The molecule has 3 aromatic rings. The first-order chi connectivity index (χ1) is 15.3. The number of piperidine rings is 1. The van der Waals surface area contributed by atoms with Crippen LogP contribution >= 0.6 is 0 Å². The van der Waals surface area contributed by atoms with Crippen LogP contribution in [0.3, 0.4) is 0 Å². The number of carbonyl (C=O) groups is 1. The molecule has 0 saturated carbocycles. The molecule has 0 unspecified atom stereocenters. The number of likely N-dealkylation sites (N-methyl/N-ethyl adjacent to an activating group) is 1. The van der Waals surface area contributed by atoms with Crippen molar-refractivity contribution in [1.82, 2.24) is 20.1 Å². The highest BCUT2D eigenvalue weighted by molar-refractivity contribution is 5.98. The van der Waals surface area contributed by atoms with E-state index in [0.29, 0.717) is 5.41 Å². The Morgan fingerprint density at radius 1 is 1.19 bits per heavy atom. The fourth-order valence-electron chi connectivity index (χ4n) is 5.39. The van der Waals surface area contributed by atoms with Crippen molar-refractivity contribution in [2.45, 2.75) is 65.3 Å². The van der Waals surface area contributed by atoms with Gasteiger partial charge in [-0.3, -0.25) is 14.8 Å². The Balaban J connectivity index is 1.39. The molecule has 1 aliphatic carbocycles. The Kier molecular flexibility index (Phi) is 5.36. The zero-order chi connectivity index (χ0) is 22.5. The zero-order valence-corrected chi connectivity index (χ0v) is 19.8. The molecular formula is C26H35N5O. The van der Waals surface area contributed by atoms with Gasteiger partial charge in [-0.15, -0.1) is 0 Å². The number of likely N-dealkylation sites (tertiary alicyclic amines) is 1. The number of aromatic nitrogens is 3. The minimum absolute atomic E-state index is 0.0879. The first-order valence-electron chi connectivity index (χ1n) is 12.0. The SMILES string of the molecule is C[C@H](C(=O)N(C)c1ccc2cc(-c3n[nH]c4c3CCC(C)(C)C4)[nH]c2c1)N1CCCCC1. The summed E-state index contributed by atoms with van der Waals surface area (Å²) < 4.78 is 0. The Labute approximate surface area is 190 Å². The second kappa shape index (κ2) is 8.07. The van der Waals surface area contributed by atoms with Gasteiger partial charge in [0.25, 0.3) is 0 Å². The lowest BCUT2D eigenvalue weighted by Gasteiger charge is -2.33. The van der Waals surface area contributed by atoms with Gasteiger partial charge in [-0.05, 0) is 75.7 Å². The number of rotatable bonds is 4. The summed E-state index contributed by atoms with van der Waals surface area (Å²) in [5.41, 5.74) is 6.99. The monoisotopic (exact) mass is 433 g/mol. The number of H-pyrrole nitrogens is 2. The van der Waals surface area contributed by atoms with Gasteiger partial charge < -0.3 is 9.88 Å². The number of hydrogen-bond acceptors (Lipinski definition) is 3. The van der Waals surface area contributed by atoms with E-state index in [-0.39, 0.29) is 11.9 Å². The summed E-state index contributed by atoms with van der Waals surface area (Å²) in [5, 5.41) is 9.09. The lowest BCUT2D eigenvalue weighted by atomic mass is 9.76. The van der Waals surface area contributed by atoms with Gasteiger partial charge in [-0.25, -0.2) is 0 Å². The highest BCUT2D eigenvalue weighted by Crippen LogP contribution is 2.38. The highest BCUT2D eigenvalue weighted by Gasteiger charge is 2.30. The van der Waals surface area contributed by atoms with Gasteiger partial charge >= 0.3 is 0 Å². The first-order valence-corrected chi connectivity index (χ1v) is 12.0. The van der Waals surface area contributed by atoms with E-state index in [9.17, 15) is 4.79 Å². The van der Waals surface area contributed by atoms with E-state index >= 15 is 0 Å². The standard InChI is InChI=1S/C26H35N5O/c1-17(31-12-6-5-7-13-31)25(32)30(4)19-9-8-18-14-22(27-21(18)15-19)24-20-10-11-26(2,3)16-23(20)28-29-24/h8-9,14-15,17,27H,5-7,10-13,16H2,1-4H3,(H,28,29)/t17-/m1/s1. The zero-order valence-electron chi connectivity index (χ0n) is 19.8. The van der Waals surface area contributed by atoms with Crippen molar-refractivity contribution in [2.24, 2.45) is 5.41 Å². The van der Waals surface area contributed by atoms with Crippen LogP contribution in [0.5, 0.6) is 0 Å². The fraction of sp³-hybridized carbons (Fsp3) is 0.538. The van der Waals surface area contributed by atoms with Crippen LogP contribution in [0.1, 0.15) is 57.7 Å². The number of amides is 1. The van der Waals surface area contributed by atoms with Crippen LogP contribution in [-0.4, -0.2) is 52.2 Å². The van der Waals surface area contributed by atoms with Gasteiger partial charge in [0.1, 0.15) is 5.69 Å². The Morgan fingerprint density at radius 2 is 1.97 bits per heavy atom. The molecule has 5 rings (SSSR count). The van der Waals surface area contributed by atoms with Crippen molar-refractivity contribution >= 4 is 22.5 Å². The summed E-state index contributed by atoms with van der Waals surface area (Å²) in [6.45, 7) is 8.73. The van der Waals surface area contributed by atoms with E-state index in [4.69, 9.17) is 0 Å². The molecule has 1 aromatic carbocycles. The summed E-state index contributed by atoms with van der Waals surface area (Å²) in [6.07, 6.45) is 6.93. The summed E-state index contributed by atoms with van der Waals surface area (Å²) in [5.74, 6) is 0.155. The summed E-state index contributed by atoms with van der Waals surface area (Å²) in [6, 6.07) is 8.32. The van der Waals surface area contributed by atoms with Crippen molar-refractivity contribution in [3.63, 3.8) is 0 Å². The number of aromatic amines is 2. The smallest absolute Gasteiger partial charge is 0.243 e. The predicted octanol–water partition coefficient (Wildman–Crippen LogP) is 4.91. The fourth-order valence-corrected chi connectivity index (χ4v) is 5.39. The number of carbonyl (C=O) groups excluding carboxylic acids is 1. The summed E-state index contributed by atoms with van der Waals surface area (Å²) >= 11 is 0. The van der Waals surface area contributed by atoms with Crippen LogP contribution in [-0.2, 0) is 17.6 Å². The van der Waals surface area contributed by atoms with Gasteiger partial charge in [-0.2, -0.15) is 5.10 Å². The molecule has 2 N–H and O–H groups in total.